The highest BCUT2D eigenvalue weighted by Gasteiger charge is 2.37. The van der Waals surface area contributed by atoms with Gasteiger partial charge < -0.3 is 15.4 Å². The second-order valence-corrected chi connectivity index (χ2v) is 12.1. The molecular weight excluding hydrogens is 520 g/mol. The lowest BCUT2D eigenvalue weighted by Crippen LogP contribution is -2.52. The number of nitrogens with zero attached hydrogens (tertiary/aromatic N) is 3. The second kappa shape index (κ2) is 10.9. The van der Waals surface area contributed by atoms with Crippen molar-refractivity contribution < 1.29 is 9.53 Å². The smallest absolute Gasteiger partial charge is 0.248 e. The average Bonchev–Trinajstić information content (AvgIpc) is 3.29. The standard InChI is InChI=1S/C33H37ClN4O2/c1-20(2)32(27-9-4-5-10-29(27)34)38-30-16-13-22(33(35)39)17-28(30)31(36-38)21-11-14-25(15-12-21)40-26-18-23-7-6-8-24(19-26)37(23)3/h4-5,9-17,20,23-24,26,32H,6-8,18-19H2,1-3H3,(H2,35,39). The van der Waals surface area contributed by atoms with Gasteiger partial charge in [0.05, 0.1) is 11.6 Å². The highest BCUT2D eigenvalue weighted by molar-refractivity contribution is 6.31. The average molecular weight is 557 g/mol. The van der Waals surface area contributed by atoms with Gasteiger partial charge in [0.1, 0.15) is 17.5 Å². The van der Waals surface area contributed by atoms with Gasteiger partial charge in [0.25, 0.3) is 0 Å². The van der Waals surface area contributed by atoms with Gasteiger partial charge in [-0.25, -0.2) is 0 Å². The lowest BCUT2D eigenvalue weighted by atomic mass is 9.83. The van der Waals surface area contributed by atoms with Crippen molar-refractivity contribution in [1.82, 2.24) is 14.7 Å². The fourth-order valence-electron chi connectivity index (χ4n) is 6.75. The van der Waals surface area contributed by atoms with Crippen LogP contribution >= 0.6 is 11.6 Å². The zero-order valence-corrected chi connectivity index (χ0v) is 24.1. The molecule has 3 aromatic carbocycles. The summed E-state index contributed by atoms with van der Waals surface area (Å²) in [6.45, 7) is 4.34. The van der Waals surface area contributed by atoms with E-state index >= 15 is 0 Å². The van der Waals surface area contributed by atoms with Crippen molar-refractivity contribution in [3.8, 4) is 17.0 Å². The van der Waals surface area contributed by atoms with Crippen molar-refractivity contribution in [1.29, 1.82) is 0 Å². The van der Waals surface area contributed by atoms with Crippen LogP contribution in [0, 0.1) is 5.92 Å². The molecule has 0 radical (unpaired) electrons. The first-order valence-electron chi connectivity index (χ1n) is 14.4. The molecule has 0 saturated carbocycles. The van der Waals surface area contributed by atoms with Crippen LogP contribution in [-0.4, -0.2) is 45.8 Å². The summed E-state index contributed by atoms with van der Waals surface area (Å²) in [6, 6.07) is 22.8. The molecule has 6 rings (SSSR count). The number of hydrogen-bond acceptors (Lipinski definition) is 4. The summed E-state index contributed by atoms with van der Waals surface area (Å²) in [5.74, 6) is 0.643. The molecule has 2 bridgehead atoms. The molecule has 2 fully saturated rings. The Morgan fingerprint density at radius 1 is 1.02 bits per heavy atom. The lowest BCUT2D eigenvalue weighted by molar-refractivity contribution is 0.000144. The third-order valence-corrected chi connectivity index (χ3v) is 9.18. The van der Waals surface area contributed by atoms with Gasteiger partial charge in [-0.2, -0.15) is 5.10 Å². The van der Waals surface area contributed by atoms with Crippen molar-refractivity contribution in [3.05, 3.63) is 82.9 Å². The molecule has 2 saturated heterocycles. The van der Waals surface area contributed by atoms with Crippen molar-refractivity contribution in [2.75, 3.05) is 7.05 Å². The summed E-state index contributed by atoms with van der Waals surface area (Å²) in [6.07, 6.45) is 6.27. The zero-order valence-electron chi connectivity index (χ0n) is 23.4. The molecule has 6 nitrogen and oxygen atoms in total. The van der Waals surface area contributed by atoms with Crippen LogP contribution < -0.4 is 10.5 Å². The predicted molar refractivity (Wildman–Crippen MR) is 161 cm³/mol. The summed E-state index contributed by atoms with van der Waals surface area (Å²) in [5.41, 5.74) is 9.83. The number of carbonyl (C=O) groups is 1. The number of carbonyl (C=O) groups excluding carboxylic acids is 1. The van der Waals surface area contributed by atoms with E-state index in [0.717, 1.165) is 46.3 Å². The number of ether oxygens (including phenoxy) is 1. The van der Waals surface area contributed by atoms with Crippen LogP contribution in [0.5, 0.6) is 5.75 Å². The molecule has 7 heteroatoms. The molecular formula is C33H37ClN4O2. The molecule has 0 aliphatic carbocycles. The van der Waals surface area contributed by atoms with Gasteiger partial charge in [0, 0.05) is 33.6 Å². The molecule has 3 atom stereocenters. The van der Waals surface area contributed by atoms with E-state index in [1.165, 1.54) is 19.3 Å². The van der Waals surface area contributed by atoms with Crippen molar-refractivity contribution in [2.45, 2.75) is 70.2 Å². The number of nitrogens with two attached hydrogens (primary N) is 1. The van der Waals surface area contributed by atoms with Crippen LogP contribution in [0.2, 0.25) is 5.02 Å². The van der Waals surface area contributed by atoms with Crippen molar-refractivity contribution in [3.63, 3.8) is 0 Å². The van der Waals surface area contributed by atoms with Crippen LogP contribution in [0.3, 0.4) is 0 Å². The molecule has 208 valence electrons. The summed E-state index contributed by atoms with van der Waals surface area (Å²) in [4.78, 5) is 14.6. The Morgan fingerprint density at radius 3 is 2.38 bits per heavy atom. The number of benzene rings is 3. The third kappa shape index (κ3) is 4.99. The molecule has 0 spiro atoms. The number of hydrogen-bond donors (Lipinski definition) is 1. The van der Waals surface area contributed by atoms with Crippen LogP contribution in [0.25, 0.3) is 22.2 Å². The SMILES string of the molecule is CC(C)C(c1ccccc1Cl)n1nc(-c2ccc(OC3CC4CCCC(C3)N4C)cc2)c2cc(C(N)=O)ccc21. The van der Waals surface area contributed by atoms with E-state index in [0.29, 0.717) is 22.7 Å². The number of rotatable bonds is 7. The molecule has 3 heterocycles. The van der Waals surface area contributed by atoms with Gasteiger partial charge in [0.15, 0.2) is 0 Å². The van der Waals surface area contributed by atoms with E-state index in [1.54, 1.807) is 6.07 Å². The maximum atomic E-state index is 12.1. The normalized spacial score (nSPS) is 22.0. The number of aromatic nitrogens is 2. The first-order valence-corrected chi connectivity index (χ1v) is 14.7. The molecule has 2 N–H and O–H groups in total. The quantitative estimate of drug-likeness (QED) is 0.263. The molecule has 3 unspecified atom stereocenters. The van der Waals surface area contributed by atoms with E-state index in [4.69, 9.17) is 27.2 Å². The molecule has 1 amide bonds. The van der Waals surface area contributed by atoms with Gasteiger partial charge in [-0.15, -0.1) is 0 Å². The van der Waals surface area contributed by atoms with Gasteiger partial charge in [-0.1, -0.05) is 50.1 Å². The first-order chi connectivity index (χ1) is 19.3. The molecule has 4 aromatic rings. The van der Waals surface area contributed by atoms with E-state index < -0.39 is 5.91 Å². The lowest BCUT2D eigenvalue weighted by Gasteiger charge is -2.46. The zero-order chi connectivity index (χ0) is 28.0. The monoisotopic (exact) mass is 556 g/mol. The summed E-state index contributed by atoms with van der Waals surface area (Å²) < 4.78 is 8.53. The largest absolute Gasteiger partial charge is 0.490 e. The van der Waals surface area contributed by atoms with E-state index in [9.17, 15) is 4.79 Å². The number of primary amides is 1. The fourth-order valence-corrected chi connectivity index (χ4v) is 7.00. The van der Waals surface area contributed by atoms with Crippen molar-refractivity contribution in [2.24, 2.45) is 11.7 Å². The maximum absolute atomic E-state index is 12.1. The summed E-state index contributed by atoms with van der Waals surface area (Å²) >= 11 is 6.67. The minimum atomic E-state index is -0.459. The Hall–Kier alpha value is -3.35. The van der Waals surface area contributed by atoms with E-state index in [1.807, 2.05) is 47.1 Å². The summed E-state index contributed by atoms with van der Waals surface area (Å²) in [5, 5.41) is 6.74. The van der Waals surface area contributed by atoms with E-state index in [-0.39, 0.29) is 18.1 Å². The van der Waals surface area contributed by atoms with Crippen molar-refractivity contribution >= 4 is 28.4 Å². The third-order valence-electron chi connectivity index (χ3n) is 8.84. The second-order valence-electron chi connectivity index (χ2n) is 11.7. The molecule has 40 heavy (non-hydrogen) atoms. The fraction of sp³-hybridized carbons (Fsp3) is 0.394. The van der Waals surface area contributed by atoms with Gasteiger partial charge in [-0.05, 0) is 92.7 Å². The van der Waals surface area contributed by atoms with Gasteiger partial charge in [-0.3, -0.25) is 9.48 Å². The van der Waals surface area contributed by atoms with E-state index in [2.05, 4.69) is 44.0 Å². The number of piperidine rings is 2. The van der Waals surface area contributed by atoms with Crippen LogP contribution in [0.4, 0.5) is 0 Å². The van der Waals surface area contributed by atoms with Gasteiger partial charge >= 0.3 is 0 Å². The molecule has 2 aliphatic rings. The highest BCUT2D eigenvalue weighted by Crippen LogP contribution is 2.38. The Labute approximate surface area is 241 Å². The Balaban J connectivity index is 1.36. The van der Waals surface area contributed by atoms with Crippen LogP contribution in [-0.2, 0) is 0 Å². The molecule has 1 aromatic heterocycles. The predicted octanol–water partition coefficient (Wildman–Crippen LogP) is 7.10. The first kappa shape index (κ1) is 26.9. The minimum absolute atomic E-state index is 0.0872. The highest BCUT2D eigenvalue weighted by atomic mass is 35.5. The molecule has 2 aliphatic heterocycles. The minimum Gasteiger partial charge on any atom is -0.490 e. The number of fused-ring (bicyclic) bond motifs is 3. The summed E-state index contributed by atoms with van der Waals surface area (Å²) in [7, 11) is 2.27. The number of halogens is 1. The Morgan fingerprint density at radius 2 is 1.73 bits per heavy atom. The topological polar surface area (TPSA) is 73.4 Å². The Bertz CT molecular complexity index is 1520. The van der Waals surface area contributed by atoms with Gasteiger partial charge in [0.2, 0.25) is 5.91 Å². The Kier molecular flexibility index (Phi) is 7.32. The van der Waals surface area contributed by atoms with Crippen LogP contribution in [0.1, 0.15) is 67.9 Å². The van der Waals surface area contributed by atoms with Crippen LogP contribution in [0.15, 0.2) is 66.7 Å². The maximum Gasteiger partial charge on any atom is 0.248 e. The number of amides is 1.